The molecule has 1 aliphatic rings. The van der Waals surface area contributed by atoms with Crippen molar-refractivity contribution in [3.63, 3.8) is 0 Å². The van der Waals surface area contributed by atoms with Gasteiger partial charge >= 0.3 is 0 Å². The highest BCUT2D eigenvalue weighted by Crippen LogP contribution is 2.54. The minimum absolute atomic E-state index is 0.0195. The van der Waals surface area contributed by atoms with Crippen LogP contribution in [0.3, 0.4) is 0 Å². The Labute approximate surface area is 125 Å². The highest BCUT2D eigenvalue weighted by atomic mass is 35.5. The van der Waals surface area contributed by atoms with E-state index in [0.717, 1.165) is 0 Å². The summed E-state index contributed by atoms with van der Waals surface area (Å²) in [6.45, 7) is 0. The van der Waals surface area contributed by atoms with Gasteiger partial charge in [-0.25, -0.2) is 0 Å². The van der Waals surface area contributed by atoms with Crippen LogP contribution in [0.25, 0.3) is 0 Å². The molecule has 0 N–H and O–H groups in total. The maximum Gasteiger partial charge on any atom is 0.269 e. The van der Waals surface area contributed by atoms with Crippen LogP contribution in [0.15, 0.2) is 54.6 Å². The highest BCUT2D eigenvalue weighted by molar-refractivity contribution is 6.39. The fourth-order valence-corrected chi connectivity index (χ4v) is 2.47. The van der Waals surface area contributed by atoms with Gasteiger partial charge in [-0.15, -0.1) is 0 Å². The van der Waals surface area contributed by atoms with Crippen molar-refractivity contribution in [3.05, 3.63) is 75.8 Å². The van der Waals surface area contributed by atoms with Crippen molar-refractivity contribution in [2.45, 2.75) is 11.2 Å². The summed E-state index contributed by atoms with van der Waals surface area (Å²) in [5, 5.41) is 9.19. The zero-order chi connectivity index (χ0) is 15.0. The average Bonchev–Trinajstić information content (AvgIpc) is 3.21. The molecule has 106 valence electrons. The van der Waals surface area contributed by atoms with Gasteiger partial charge in [-0.1, -0.05) is 41.9 Å². The average molecular weight is 304 g/mol. The van der Waals surface area contributed by atoms with E-state index in [1.807, 2.05) is 0 Å². The van der Waals surface area contributed by atoms with Crippen molar-refractivity contribution in [2.24, 2.45) is 0 Å². The van der Waals surface area contributed by atoms with Crippen LogP contribution in [0.1, 0.15) is 22.0 Å². The smallest absolute Gasteiger partial charge is 0.269 e. The van der Waals surface area contributed by atoms with Crippen LogP contribution in [0.5, 0.6) is 0 Å². The first-order valence-corrected chi connectivity index (χ1v) is 6.61. The number of nitrogens with zero attached hydrogens (tertiary/aromatic N) is 1. The minimum Gasteiger partial charge on any atom is -0.337 e. The van der Waals surface area contributed by atoms with Gasteiger partial charge in [-0.3, -0.25) is 14.9 Å². The Morgan fingerprint density at radius 1 is 1.14 bits per heavy atom. The molecule has 3 rings (SSSR count). The Kier molecular flexibility index (Phi) is 3.23. The number of rotatable bonds is 4. The van der Waals surface area contributed by atoms with Gasteiger partial charge in [0.25, 0.3) is 5.69 Å². The lowest BCUT2D eigenvalue weighted by atomic mass is 10.0. The van der Waals surface area contributed by atoms with Gasteiger partial charge in [0.05, 0.1) is 4.92 Å². The number of halogens is 1. The molecule has 21 heavy (non-hydrogen) atoms. The van der Waals surface area contributed by atoms with E-state index in [-0.39, 0.29) is 11.5 Å². The fourth-order valence-electron chi connectivity index (χ4n) is 2.15. The van der Waals surface area contributed by atoms with Crippen molar-refractivity contribution in [2.75, 3.05) is 0 Å². The van der Waals surface area contributed by atoms with E-state index in [0.29, 0.717) is 11.1 Å². The molecule has 0 unspecified atom stereocenters. The number of hydrogen-bond acceptors (Lipinski definition) is 4. The number of ether oxygens (including phenoxy) is 1. The molecule has 1 fully saturated rings. The Morgan fingerprint density at radius 2 is 1.76 bits per heavy atom. The Bertz CT molecular complexity index is 701. The molecule has 2 aromatic rings. The van der Waals surface area contributed by atoms with Crippen LogP contribution in [0.4, 0.5) is 5.69 Å². The van der Waals surface area contributed by atoms with E-state index in [4.69, 9.17) is 16.3 Å². The number of nitro groups is 1. The number of hydrogen-bond donors (Lipinski definition) is 0. The molecule has 0 bridgehead atoms. The molecule has 0 amide bonds. The second kappa shape index (κ2) is 4.95. The molecule has 0 saturated carbocycles. The van der Waals surface area contributed by atoms with Crippen LogP contribution in [0.2, 0.25) is 0 Å². The molecule has 0 aromatic heterocycles. The summed E-state index contributed by atoms with van der Waals surface area (Å²) < 4.78 is 5.35. The van der Waals surface area contributed by atoms with E-state index in [2.05, 4.69) is 0 Å². The quantitative estimate of drug-likeness (QED) is 0.285. The molecule has 5 nitrogen and oxygen atoms in total. The van der Waals surface area contributed by atoms with E-state index >= 15 is 0 Å². The molecule has 1 saturated heterocycles. The number of carbonyl (C=O) groups is 1. The van der Waals surface area contributed by atoms with Crippen LogP contribution >= 0.6 is 11.6 Å². The normalized spacial score (nSPS) is 23.6. The number of non-ortho nitro benzene ring substituents is 1. The van der Waals surface area contributed by atoms with E-state index in [1.165, 1.54) is 12.1 Å². The zero-order valence-corrected chi connectivity index (χ0v) is 11.5. The number of alkyl halides is 1. The Balaban J connectivity index is 1.81. The number of carbonyl (C=O) groups excluding carboxylic acids is 1. The van der Waals surface area contributed by atoms with Crippen molar-refractivity contribution < 1.29 is 14.5 Å². The number of ketones is 1. The first-order chi connectivity index (χ1) is 10.0. The zero-order valence-electron chi connectivity index (χ0n) is 10.7. The molecule has 2 aromatic carbocycles. The molecular formula is C15H10ClNO4. The largest absolute Gasteiger partial charge is 0.337 e. The first-order valence-electron chi connectivity index (χ1n) is 6.23. The summed E-state index contributed by atoms with van der Waals surface area (Å²) in [6, 6.07) is 14.5. The molecular weight excluding hydrogens is 294 g/mol. The second-order valence-corrected chi connectivity index (χ2v) is 5.25. The van der Waals surface area contributed by atoms with Crippen LogP contribution < -0.4 is 0 Å². The molecule has 1 heterocycles. The van der Waals surface area contributed by atoms with Crippen molar-refractivity contribution in [3.8, 4) is 0 Å². The standard InChI is InChI=1S/C15H10ClNO4/c16-15(13(18)10-4-2-1-3-5-10)14(21-15)11-6-8-12(9-7-11)17(19)20/h1-9,14H/t14-,15-/m1/s1. The van der Waals surface area contributed by atoms with Gasteiger partial charge in [0.2, 0.25) is 10.8 Å². The topological polar surface area (TPSA) is 72.7 Å². The van der Waals surface area contributed by atoms with Crippen LogP contribution in [-0.4, -0.2) is 15.8 Å². The molecule has 0 aliphatic carbocycles. The van der Waals surface area contributed by atoms with Crippen molar-refractivity contribution >= 4 is 23.1 Å². The SMILES string of the molecule is O=C(c1ccccc1)[C@@]1(Cl)O[C@@H]1c1ccc([N+](=O)[O-])cc1. The van der Waals surface area contributed by atoms with Gasteiger partial charge in [-0.05, 0) is 17.7 Å². The van der Waals surface area contributed by atoms with E-state index in [1.54, 1.807) is 42.5 Å². The Hall–Kier alpha value is -2.24. The summed E-state index contributed by atoms with van der Waals surface area (Å²) in [5.41, 5.74) is 1.09. The molecule has 0 spiro atoms. The summed E-state index contributed by atoms with van der Waals surface area (Å²) in [7, 11) is 0. The van der Waals surface area contributed by atoms with Gasteiger partial charge in [0, 0.05) is 17.7 Å². The molecule has 2 atom stereocenters. The lowest BCUT2D eigenvalue weighted by molar-refractivity contribution is -0.384. The lowest BCUT2D eigenvalue weighted by Crippen LogP contribution is -2.18. The predicted octanol–water partition coefficient (Wildman–Crippen LogP) is 3.48. The third-order valence-corrected chi connectivity index (χ3v) is 3.78. The summed E-state index contributed by atoms with van der Waals surface area (Å²) in [4.78, 5) is 22.4. The fraction of sp³-hybridized carbons (Fsp3) is 0.133. The van der Waals surface area contributed by atoms with Crippen LogP contribution in [-0.2, 0) is 4.74 Å². The summed E-state index contributed by atoms with van der Waals surface area (Å²) in [6.07, 6.45) is -0.590. The maximum absolute atomic E-state index is 12.3. The monoisotopic (exact) mass is 303 g/mol. The number of nitro benzene ring substituents is 1. The van der Waals surface area contributed by atoms with Gasteiger partial charge in [-0.2, -0.15) is 0 Å². The lowest BCUT2D eigenvalue weighted by Gasteiger charge is -2.03. The number of epoxide rings is 1. The maximum atomic E-state index is 12.3. The van der Waals surface area contributed by atoms with Gasteiger partial charge < -0.3 is 4.74 Å². The van der Waals surface area contributed by atoms with E-state index in [9.17, 15) is 14.9 Å². The van der Waals surface area contributed by atoms with E-state index < -0.39 is 16.1 Å². The van der Waals surface area contributed by atoms with Crippen molar-refractivity contribution in [1.82, 2.24) is 0 Å². The number of Topliss-reactive ketones (excluding diaryl/α,β-unsaturated/α-hetero) is 1. The summed E-state index contributed by atoms with van der Waals surface area (Å²) in [5.74, 6) is -0.312. The minimum atomic E-state index is -1.42. The molecule has 1 aliphatic heterocycles. The third-order valence-electron chi connectivity index (χ3n) is 3.32. The van der Waals surface area contributed by atoms with Gasteiger partial charge in [0.1, 0.15) is 6.10 Å². The molecule has 6 heteroatoms. The highest BCUT2D eigenvalue weighted by Gasteiger charge is 2.62. The second-order valence-electron chi connectivity index (χ2n) is 4.69. The first kappa shape index (κ1) is 13.7. The molecule has 0 radical (unpaired) electrons. The van der Waals surface area contributed by atoms with Crippen LogP contribution in [0, 0.1) is 10.1 Å². The predicted molar refractivity (Wildman–Crippen MR) is 76.3 cm³/mol. The number of benzene rings is 2. The summed E-state index contributed by atoms with van der Waals surface area (Å²) >= 11 is 6.23. The van der Waals surface area contributed by atoms with Crippen molar-refractivity contribution in [1.29, 1.82) is 0 Å². The third kappa shape index (κ3) is 2.41. The Morgan fingerprint density at radius 3 is 2.33 bits per heavy atom. The van der Waals surface area contributed by atoms with Gasteiger partial charge in [0.15, 0.2) is 0 Å².